The van der Waals surface area contributed by atoms with E-state index in [1.165, 1.54) is 47.0 Å². The lowest BCUT2D eigenvalue weighted by molar-refractivity contribution is -0.148. The van der Waals surface area contributed by atoms with E-state index in [0.29, 0.717) is 12.0 Å². The first kappa shape index (κ1) is 22.1. The van der Waals surface area contributed by atoms with Crippen LogP contribution in [0.4, 0.5) is 17.6 Å². The quantitative estimate of drug-likeness (QED) is 0.481. The van der Waals surface area contributed by atoms with Crippen LogP contribution in [0.3, 0.4) is 0 Å². The predicted molar refractivity (Wildman–Crippen MR) is 104 cm³/mol. The van der Waals surface area contributed by atoms with Gasteiger partial charge >= 0.3 is 12.1 Å². The number of esters is 1. The third-order valence-electron chi connectivity index (χ3n) is 4.55. The molecule has 9 heteroatoms. The van der Waals surface area contributed by atoms with Gasteiger partial charge in [-0.25, -0.2) is 9.18 Å². The van der Waals surface area contributed by atoms with Crippen molar-refractivity contribution in [2.45, 2.75) is 30.9 Å². The van der Waals surface area contributed by atoms with Gasteiger partial charge in [0.15, 0.2) is 0 Å². The number of thioether (sulfide) groups is 1. The van der Waals surface area contributed by atoms with Crippen molar-refractivity contribution in [1.82, 2.24) is 4.90 Å². The van der Waals surface area contributed by atoms with Crippen molar-refractivity contribution < 1.29 is 31.9 Å². The topological polar surface area (TPSA) is 46.6 Å². The summed E-state index contributed by atoms with van der Waals surface area (Å²) in [6.45, 7) is 2.00. The fourth-order valence-corrected chi connectivity index (χ4v) is 4.51. The molecule has 30 heavy (non-hydrogen) atoms. The second kappa shape index (κ2) is 9.07. The highest BCUT2D eigenvalue weighted by molar-refractivity contribution is 7.99. The Bertz CT molecular complexity index is 917. The summed E-state index contributed by atoms with van der Waals surface area (Å²) in [6, 6.07) is 8.53. The van der Waals surface area contributed by atoms with Gasteiger partial charge < -0.3 is 9.64 Å². The molecule has 1 saturated heterocycles. The number of carbonyl (C=O) groups excluding carboxylic acids is 2. The smallest absolute Gasteiger partial charge is 0.416 e. The van der Waals surface area contributed by atoms with Crippen LogP contribution in [0.5, 0.6) is 0 Å². The van der Waals surface area contributed by atoms with Crippen LogP contribution >= 0.6 is 11.8 Å². The summed E-state index contributed by atoms with van der Waals surface area (Å²) in [5, 5.41) is -0.660. The molecule has 0 N–H and O–H groups in total. The van der Waals surface area contributed by atoms with E-state index in [-0.39, 0.29) is 17.9 Å². The molecule has 0 aliphatic carbocycles. The lowest BCUT2D eigenvalue weighted by atomic mass is 10.1. The molecule has 4 nitrogen and oxygen atoms in total. The van der Waals surface area contributed by atoms with E-state index in [1.807, 2.05) is 6.92 Å². The van der Waals surface area contributed by atoms with Crippen molar-refractivity contribution in [2.75, 3.05) is 12.4 Å². The second-order valence-corrected chi connectivity index (χ2v) is 7.82. The maximum absolute atomic E-state index is 13.3. The summed E-state index contributed by atoms with van der Waals surface area (Å²) in [6.07, 6.45) is -4.01. The molecule has 1 fully saturated rings. The zero-order valence-electron chi connectivity index (χ0n) is 16.0. The first-order valence-electron chi connectivity index (χ1n) is 9.26. The first-order chi connectivity index (χ1) is 14.2. The van der Waals surface area contributed by atoms with Crippen molar-refractivity contribution in [2.24, 2.45) is 0 Å². The van der Waals surface area contributed by atoms with Gasteiger partial charge in [-0.1, -0.05) is 25.1 Å². The molecule has 1 aliphatic heterocycles. The number of alkyl halides is 3. The molecule has 1 aliphatic rings. The van der Waals surface area contributed by atoms with E-state index in [2.05, 4.69) is 0 Å². The Morgan fingerprint density at radius 3 is 2.50 bits per heavy atom. The largest absolute Gasteiger partial charge is 0.464 e. The summed E-state index contributed by atoms with van der Waals surface area (Å²) < 4.78 is 57.8. The molecule has 0 radical (unpaired) electrons. The summed E-state index contributed by atoms with van der Waals surface area (Å²) in [4.78, 5) is 27.0. The van der Waals surface area contributed by atoms with Crippen LogP contribution < -0.4 is 0 Å². The van der Waals surface area contributed by atoms with E-state index in [4.69, 9.17) is 4.74 Å². The number of nitrogens with zero attached hydrogens (tertiary/aromatic N) is 1. The zero-order valence-corrected chi connectivity index (χ0v) is 16.8. The molecule has 1 heterocycles. The minimum Gasteiger partial charge on any atom is -0.464 e. The Morgan fingerprint density at radius 1 is 1.17 bits per heavy atom. The first-order valence-corrected chi connectivity index (χ1v) is 10.3. The highest BCUT2D eigenvalue weighted by Crippen LogP contribution is 2.43. The summed E-state index contributed by atoms with van der Waals surface area (Å²) in [7, 11) is 0. The molecule has 0 aromatic heterocycles. The Morgan fingerprint density at radius 2 is 1.87 bits per heavy atom. The number of ether oxygens (including phenoxy) is 1. The average molecular weight is 441 g/mol. The van der Waals surface area contributed by atoms with Gasteiger partial charge in [0, 0.05) is 11.3 Å². The fraction of sp³-hybridized carbons (Fsp3) is 0.333. The number of carbonyl (C=O) groups is 2. The zero-order chi connectivity index (χ0) is 21.9. The summed E-state index contributed by atoms with van der Waals surface area (Å²) >= 11 is 1.27. The Labute approximate surface area is 175 Å². The van der Waals surface area contributed by atoms with Crippen LogP contribution in [0.15, 0.2) is 48.5 Å². The molecule has 2 atom stereocenters. The van der Waals surface area contributed by atoms with E-state index in [9.17, 15) is 27.2 Å². The summed E-state index contributed by atoms with van der Waals surface area (Å²) in [5.41, 5.74) is -0.580. The molecular weight excluding hydrogens is 422 g/mol. The van der Waals surface area contributed by atoms with E-state index < -0.39 is 40.8 Å². The maximum Gasteiger partial charge on any atom is 0.416 e. The standard InChI is InChI=1S/C21H19F4NO3S/c1-2-10-29-20(28)17-12-30-19(13-6-8-16(22)9-7-13)26(17)18(27)14-4-3-5-15(11-14)21(23,24)25/h3-9,11,17,19H,2,10,12H2,1H3. The molecule has 2 aromatic rings. The monoisotopic (exact) mass is 441 g/mol. The minimum absolute atomic E-state index is 0.173. The third kappa shape index (κ3) is 4.77. The molecule has 2 aromatic carbocycles. The molecule has 3 rings (SSSR count). The Kier molecular flexibility index (Phi) is 6.70. The molecule has 2 unspecified atom stereocenters. The minimum atomic E-state index is -4.61. The highest BCUT2D eigenvalue weighted by atomic mass is 32.2. The van der Waals surface area contributed by atoms with Gasteiger partial charge in [0.05, 0.1) is 12.2 Å². The Hall–Kier alpha value is -2.55. The highest BCUT2D eigenvalue weighted by Gasteiger charge is 2.44. The van der Waals surface area contributed by atoms with Crippen LogP contribution in [-0.2, 0) is 15.7 Å². The number of rotatable bonds is 5. The molecular formula is C21H19F4NO3S. The maximum atomic E-state index is 13.3. The van der Waals surface area contributed by atoms with Crippen molar-refractivity contribution >= 4 is 23.6 Å². The molecule has 1 amide bonds. The van der Waals surface area contributed by atoms with Crippen LogP contribution in [0.25, 0.3) is 0 Å². The van der Waals surface area contributed by atoms with Crippen molar-refractivity contribution in [1.29, 1.82) is 0 Å². The number of benzene rings is 2. The van der Waals surface area contributed by atoms with Gasteiger partial charge in [-0.05, 0) is 42.3 Å². The fourth-order valence-electron chi connectivity index (χ4n) is 3.10. The van der Waals surface area contributed by atoms with Crippen molar-refractivity contribution in [3.63, 3.8) is 0 Å². The Balaban J connectivity index is 1.97. The molecule has 160 valence electrons. The van der Waals surface area contributed by atoms with Gasteiger partial charge in [0.2, 0.25) is 0 Å². The number of hydrogen-bond donors (Lipinski definition) is 0. The second-order valence-electron chi connectivity index (χ2n) is 6.71. The van der Waals surface area contributed by atoms with Crippen molar-refractivity contribution in [3.05, 3.63) is 71.0 Å². The number of amides is 1. The van der Waals surface area contributed by atoms with Crippen molar-refractivity contribution in [3.8, 4) is 0 Å². The van der Waals surface area contributed by atoms with Gasteiger partial charge in [0.1, 0.15) is 17.2 Å². The SMILES string of the molecule is CCCOC(=O)C1CSC(c2ccc(F)cc2)N1C(=O)c1cccc(C(F)(F)F)c1. The van der Waals surface area contributed by atoms with Gasteiger partial charge in [-0.2, -0.15) is 13.2 Å². The van der Waals surface area contributed by atoms with E-state index in [1.54, 1.807) is 0 Å². The van der Waals surface area contributed by atoms with Gasteiger partial charge in [-0.15, -0.1) is 11.8 Å². The van der Waals surface area contributed by atoms with Crippen LogP contribution in [0.2, 0.25) is 0 Å². The van der Waals surface area contributed by atoms with Crippen LogP contribution in [0.1, 0.15) is 40.2 Å². The number of hydrogen-bond acceptors (Lipinski definition) is 4. The molecule has 0 bridgehead atoms. The summed E-state index contributed by atoms with van der Waals surface area (Å²) in [5.74, 6) is -1.58. The van der Waals surface area contributed by atoms with Crippen LogP contribution in [-0.4, -0.2) is 35.2 Å². The third-order valence-corrected chi connectivity index (χ3v) is 5.87. The normalized spacial score (nSPS) is 19.0. The lowest BCUT2D eigenvalue weighted by Crippen LogP contribution is -2.44. The van der Waals surface area contributed by atoms with Gasteiger partial charge in [-0.3, -0.25) is 4.79 Å². The lowest BCUT2D eigenvalue weighted by Gasteiger charge is -2.29. The predicted octanol–water partition coefficient (Wildman–Crippen LogP) is 5.05. The van der Waals surface area contributed by atoms with Crippen LogP contribution in [0, 0.1) is 5.82 Å². The molecule has 0 saturated carbocycles. The van der Waals surface area contributed by atoms with E-state index in [0.717, 1.165) is 18.2 Å². The number of halogens is 4. The van der Waals surface area contributed by atoms with E-state index >= 15 is 0 Å². The molecule has 0 spiro atoms. The average Bonchev–Trinajstić information content (AvgIpc) is 3.16. The van der Waals surface area contributed by atoms with Gasteiger partial charge in [0.25, 0.3) is 5.91 Å².